The zero-order valence-electron chi connectivity index (χ0n) is 13.3. The third-order valence-corrected chi connectivity index (χ3v) is 4.11. The molecular formula is C18H29NO2. The lowest BCUT2D eigenvalue weighted by molar-refractivity contribution is 0.171. The summed E-state index contributed by atoms with van der Waals surface area (Å²) in [5.41, 5.74) is 7.45. The summed E-state index contributed by atoms with van der Waals surface area (Å²) >= 11 is 0. The lowest BCUT2D eigenvalue weighted by atomic mass is 10.00. The first kappa shape index (κ1) is 16.2. The first-order chi connectivity index (χ1) is 10.3. The number of rotatable bonds is 9. The Hall–Kier alpha value is -1.22. The molecule has 0 aromatic heterocycles. The summed E-state index contributed by atoms with van der Waals surface area (Å²) < 4.78 is 11.2. The Morgan fingerprint density at radius 2 is 1.62 bits per heavy atom. The van der Waals surface area contributed by atoms with Gasteiger partial charge in [-0.2, -0.15) is 0 Å². The van der Waals surface area contributed by atoms with Gasteiger partial charge in [-0.15, -0.1) is 0 Å². The predicted octanol–water partition coefficient (Wildman–Crippen LogP) is 4.60. The molecule has 1 heterocycles. The zero-order chi connectivity index (χ0) is 14.9. The first-order valence-electron chi connectivity index (χ1n) is 8.46. The molecule has 1 aliphatic heterocycles. The van der Waals surface area contributed by atoms with Gasteiger partial charge in [0.15, 0.2) is 11.5 Å². The molecule has 0 fully saturated rings. The maximum atomic E-state index is 6.29. The Labute approximate surface area is 128 Å². The van der Waals surface area contributed by atoms with E-state index in [0.717, 1.165) is 23.5 Å². The van der Waals surface area contributed by atoms with Gasteiger partial charge in [-0.05, 0) is 24.1 Å². The molecule has 0 amide bonds. The number of ether oxygens (including phenoxy) is 2. The summed E-state index contributed by atoms with van der Waals surface area (Å²) in [5, 5.41) is 0. The van der Waals surface area contributed by atoms with Crippen molar-refractivity contribution in [3.63, 3.8) is 0 Å². The number of hydrogen-bond acceptors (Lipinski definition) is 3. The van der Waals surface area contributed by atoms with Crippen molar-refractivity contribution in [2.75, 3.05) is 13.2 Å². The molecule has 0 saturated carbocycles. The normalized spacial score (nSPS) is 15.0. The lowest BCUT2D eigenvalue weighted by Gasteiger charge is -2.20. The van der Waals surface area contributed by atoms with Crippen molar-refractivity contribution in [1.29, 1.82) is 0 Å². The highest BCUT2D eigenvalue weighted by molar-refractivity contribution is 5.44. The van der Waals surface area contributed by atoms with E-state index < -0.39 is 0 Å². The fraction of sp³-hybridized carbons (Fsp3) is 0.667. The largest absolute Gasteiger partial charge is 0.486 e. The molecule has 1 aliphatic rings. The van der Waals surface area contributed by atoms with Crippen LogP contribution in [0.1, 0.15) is 69.9 Å². The van der Waals surface area contributed by atoms with E-state index in [9.17, 15) is 0 Å². The topological polar surface area (TPSA) is 44.5 Å². The molecule has 2 N–H and O–H groups in total. The molecule has 3 nitrogen and oxygen atoms in total. The van der Waals surface area contributed by atoms with E-state index in [1.807, 2.05) is 12.1 Å². The van der Waals surface area contributed by atoms with Crippen molar-refractivity contribution < 1.29 is 9.47 Å². The molecule has 0 radical (unpaired) electrons. The van der Waals surface area contributed by atoms with E-state index in [-0.39, 0.29) is 6.04 Å². The minimum Gasteiger partial charge on any atom is -0.486 e. The van der Waals surface area contributed by atoms with Gasteiger partial charge in [-0.3, -0.25) is 0 Å². The van der Waals surface area contributed by atoms with E-state index in [1.54, 1.807) is 0 Å². The van der Waals surface area contributed by atoms with Crippen LogP contribution in [0, 0.1) is 0 Å². The van der Waals surface area contributed by atoms with Crippen LogP contribution < -0.4 is 15.2 Å². The average molecular weight is 291 g/mol. The molecule has 21 heavy (non-hydrogen) atoms. The minimum absolute atomic E-state index is 0.108. The van der Waals surface area contributed by atoms with Crippen LogP contribution in [0.5, 0.6) is 11.5 Å². The number of benzene rings is 1. The Bertz CT molecular complexity index is 420. The summed E-state index contributed by atoms with van der Waals surface area (Å²) in [6, 6.07) is 6.20. The molecule has 0 spiro atoms. The number of hydrogen-bond donors (Lipinski definition) is 1. The molecule has 0 aliphatic carbocycles. The Morgan fingerprint density at radius 1 is 0.952 bits per heavy atom. The van der Waals surface area contributed by atoms with Crippen molar-refractivity contribution >= 4 is 0 Å². The molecule has 0 saturated heterocycles. The van der Waals surface area contributed by atoms with Crippen LogP contribution >= 0.6 is 0 Å². The molecule has 1 aromatic carbocycles. The van der Waals surface area contributed by atoms with Crippen LogP contribution in [-0.2, 0) is 0 Å². The van der Waals surface area contributed by atoms with E-state index >= 15 is 0 Å². The van der Waals surface area contributed by atoms with Crippen molar-refractivity contribution in [3.8, 4) is 11.5 Å². The molecule has 3 heteroatoms. The quantitative estimate of drug-likeness (QED) is 0.676. The lowest BCUT2D eigenvalue weighted by Crippen LogP contribution is -2.16. The number of unbranched alkanes of at least 4 members (excludes halogenated alkanes) is 6. The van der Waals surface area contributed by atoms with Crippen LogP contribution in [0.4, 0.5) is 0 Å². The Morgan fingerprint density at radius 3 is 2.38 bits per heavy atom. The van der Waals surface area contributed by atoms with E-state index in [1.165, 1.54) is 44.9 Å². The van der Waals surface area contributed by atoms with Gasteiger partial charge in [0.2, 0.25) is 0 Å². The van der Waals surface area contributed by atoms with Gasteiger partial charge in [0, 0.05) is 6.04 Å². The summed E-state index contributed by atoms with van der Waals surface area (Å²) in [6.07, 6.45) is 10.3. The number of nitrogens with two attached hydrogens (primary N) is 1. The van der Waals surface area contributed by atoms with Crippen LogP contribution in [0.2, 0.25) is 0 Å². The molecule has 1 unspecified atom stereocenters. The smallest absolute Gasteiger partial charge is 0.161 e. The standard InChI is InChI=1S/C18H29NO2/c1-2-3-4-5-6-7-8-9-16(19)15-10-11-17-18(14-15)21-13-12-20-17/h10-11,14,16H,2-9,12-13,19H2,1H3. The summed E-state index contributed by atoms with van der Waals surface area (Å²) in [4.78, 5) is 0. The third kappa shape index (κ3) is 5.24. The predicted molar refractivity (Wildman–Crippen MR) is 87.0 cm³/mol. The van der Waals surface area contributed by atoms with E-state index in [4.69, 9.17) is 15.2 Å². The molecule has 1 aromatic rings. The van der Waals surface area contributed by atoms with Crippen LogP contribution in [-0.4, -0.2) is 13.2 Å². The van der Waals surface area contributed by atoms with Gasteiger partial charge < -0.3 is 15.2 Å². The highest BCUT2D eigenvalue weighted by atomic mass is 16.6. The molecule has 1 atom stereocenters. The van der Waals surface area contributed by atoms with E-state index in [2.05, 4.69) is 13.0 Å². The third-order valence-electron chi connectivity index (χ3n) is 4.11. The van der Waals surface area contributed by atoms with Gasteiger partial charge in [-0.1, -0.05) is 57.9 Å². The fourth-order valence-corrected chi connectivity index (χ4v) is 2.78. The van der Waals surface area contributed by atoms with Crippen LogP contribution in [0.25, 0.3) is 0 Å². The Kier molecular flexibility index (Phi) is 6.87. The van der Waals surface area contributed by atoms with Crippen LogP contribution in [0.3, 0.4) is 0 Å². The van der Waals surface area contributed by atoms with Crippen molar-refractivity contribution in [2.45, 2.75) is 64.3 Å². The number of fused-ring (bicyclic) bond motifs is 1. The second-order valence-electron chi connectivity index (χ2n) is 5.92. The second kappa shape index (κ2) is 8.93. The zero-order valence-corrected chi connectivity index (χ0v) is 13.3. The van der Waals surface area contributed by atoms with Gasteiger partial charge in [0.05, 0.1) is 0 Å². The van der Waals surface area contributed by atoms with Gasteiger partial charge in [-0.25, -0.2) is 0 Å². The van der Waals surface area contributed by atoms with Crippen molar-refractivity contribution in [3.05, 3.63) is 23.8 Å². The van der Waals surface area contributed by atoms with Crippen molar-refractivity contribution in [2.24, 2.45) is 5.73 Å². The second-order valence-corrected chi connectivity index (χ2v) is 5.92. The molecule has 118 valence electrons. The van der Waals surface area contributed by atoms with Gasteiger partial charge >= 0.3 is 0 Å². The highest BCUT2D eigenvalue weighted by Crippen LogP contribution is 2.33. The Balaban J connectivity index is 1.69. The molecule has 0 bridgehead atoms. The van der Waals surface area contributed by atoms with Gasteiger partial charge in [0.25, 0.3) is 0 Å². The molecular weight excluding hydrogens is 262 g/mol. The SMILES string of the molecule is CCCCCCCCCC(N)c1ccc2c(c1)OCCO2. The first-order valence-corrected chi connectivity index (χ1v) is 8.46. The summed E-state index contributed by atoms with van der Waals surface area (Å²) in [6.45, 7) is 3.52. The van der Waals surface area contributed by atoms with Gasteiger partial charge in [0.1, 0.15) is 13.2 Å². The fourth-order valence-electron chi connectivity index (χ4n) is 2.78. The van der Waals surface area contributed by atoms with Crippen LogP contribution in [0.15, 0.2) is 18.2 Å². The monoisotopic (exact) mass is 291 g/mol. The summed E-state index contributed by atoms with van der Waals surface area (Å²) in [7, 11) is 0. The average Bonchev–Trinajstić information content (AvgIpc) is 2.53. The maximum Gasteiger partial charge on any atom is 0.161 e. The molecule has 2 rings (SSSR count). The minimum atomic E-state index is 0.108. The maximum absolute atomic E-state index is 6.29. The summed E-state index contributed by atoms with van der Waals surface area (Å²) in [5.74, 6) is 1.68. The van der Waals surface area contributed by atoms with Crippen molar-refractivity contribution in [1.82, 2.24) is 0 Å². The highest BCUT2D eigenvalue weighted by Gasteiger charge is 2.14. The van der Waals surface area contributed by atoms with E-state index in [0.29, 0.717) is 13.2 Å².